The van der Waals surface area contributed by atoms with Gasteiger partial charge in [0.25, 0.3) is 0 Å². The second kappa shape index (κ2) is 9.91. The third kappa shape index (κ3) is 5.89. The smallest absolute Gasteiger partial charge is 0.387 e. The number of benzene rings is 1. The molecule has 184 valence electrons. The summed E-state index contributed by atoms with van der Waals surface area (Å²) in [5.41, 5.74) is 3.15. The summed E-state index contributed by atoms with van der Waals surface area (Å²) in [6, 6.07) is 7.09. The molecule has 4 aromatic rings. The van der Waals surface area contributed by atoms with E-state index < -0.39 is 12.2 Å². The van der Waals surface area contributed by atoms with E-state index in [4.69, 9.17) is 14.5 Å². The normalized spacial score (nSPS) is 11.9. The van der Waals surface area contributed by atoms with Crippen LogP contribution >= 0.6 is 0 Å². The lowest BCUT2D eigenvalue weighted by molar-refractivity contribution is -0.0503. The number of nitrogens with zero attached hydrogens (tertiary/aromatic N) is 5. The van der Waals surface area contributed by atoms with Gasteiger partial charge in [0.15, 0.2) is 5.82 Å². The van der Waals surface area contributed by atoms with E-state index >= 15 is 0 Å². The van der Waals surface area contributed by atoms with Crippen LogP contribution < -0.4 is 10.1 Å². The predicted molar refractivity (Wildman–Crippen MR) is 130 cm³/mol. The molecular weight excluding hydrogens is 454 g/mol. The lowest BCUT2D eigenvalue weighted by atomic mass is 10.0. The number of nitrogens with one attached hydrogen (secondary N) is 1. The number of pyridine rings is 1. The summed E-state index contributed by atoms with van der Waals surface area (Å²) in [5.74, 6) is 1.16. The highest BCUT2D eigenvalue weighted by molar-refractivity contribution is 5.88. The molecule has 1 N–H and O–H groups in total. The Kier molecular flexibility index (Phi) is 6.93. The summed E-state index contributed by atoms with van der Waals surface area (Å²) in [6.07, 6.45) is 5.41. The van der Waals surface area contributed by atoms with Crippen LogP contribution in [-0.2, 0) is 18.2 Å². The number of aromatic nitrogens is 5. The van der Waals surface area contributed by atoms with Crippen LogP contribution in [-0.4, -0.2) is 50.6 Å². The zero-order chi connectivity index (χ0) is 25.2. The molecule has 3 heterocycles. The summed E-state index contributed by atoms with van der Waals surface area (Å²) >= 11 is 0. The molecule has 0 atom stereocenters. The molecule has 4 rings (SSSR count). The van der Waals surface area contributed by atoms with Crippen LogP contribution in [0.15, 0.2) is 42.9 Å². The number of aryl methyl sites for hydroxylation is 2. The summed E-state index contributed by atoms with van der Waals surface area (Å²) in [4.78, 5) is 13.8. The molecule has 0 unspecified atom stereocenters. The Hall–Kier alpha value is -3.66. The van der Waals surface area contributed by atoms with Crippen LogP contribution in [0, 0.1) is 6.92 Å². The first-order valence-electron chi connectivity index (χ1n) is 11.1. The molecule has 8 nitrogen and oxygen atoms in total. The van der Waals surface area contributed by atoms with Gasteiger partial charge in [0.2, 0.25) is 0 Å². The third-order valence-corrected chi connectivity index (χ3v) is 5.65. The number of anilines is 1. The van der Waals surface area contributed by atoms with E-state index in [-0.39, 0.29) is 12.2 Å². The van der Waals surface area contributed by atoms with Crippen molar-refractivity contribution < 1.29 is 18.3 Å². The molecular formula is C25H28F2N6O2. The fourth-order valence-electron chi connectivity index (χ4n) is 3.61. The minimum absolute atomic E-state index is 0.0762. The molecule has 0 radical (unpaired) electrons. The van der Waals surface area contributed by atoms with E-state index in [1.807, 2.05) is 39.1 Å². The Morgan fingerprint density at radius 2 is 1.91 bits per heavy atom. The molecule has 0 aliphatic rings. The van der Waals surface area contributed by atoms with Crippen molar-refractivity contribution in [1.82, 2.24) is 24.7 Å². The average Bonchev–Trinajstić information content (AvgIpc) is 3.25. The number of halogens is 2. The van der Waals surface area contributed by atoms with Crippen molar-refractivity contribution in [3.05, 3.63) is 59.9 Å². The Balaban J connectivity index is 1.68. The van der Waals surface area contributed by atoms with Crippen molar-refractivity contribution in [2.24, 2.45) is 7.05 Å². The first-order chi connectivity index (χ1) is 16.6. The highest BCUT2D eigenvalue weighted by atomic mass is 19.3. The lowest BCUT2D eigenvalue weighted by Crippen LogP contribution is -2.32. The van der Waals surface area contributed by atoms with Gasteiger partial charge in [-0.15, -0.1) is 0 Å². The molecule has 0 aliphatic carbocycles. The van der Waals surface area contributed by atoms with Crippen molar-refractivity contribution in [1.29, 1.82) is 0 Å². The monoisotopic (exact) mass is 482 g/mol. The van der Waals surface area contributed by atoms with Crippen LogP contribution in [0.3, 0.4) is 0 Å². The van der Waals surface area contributed by atoms with E-state index in [1.165, 1.54) is 0 Å². The second-order valence-corrected chi connectivity index (χ2v) is 8.93. The summed E-state index contributed by atoms with van der Waals surface area (Å²) in [6.45, 7) is 3.41. The van der Waals surface area contributed by atoms with Crippen LogP contribution in [0.1, 0.15) is 30.9 Å². The Morgan fingerprint density at radius 1 is 1.11 bits per heavy atom. The van der Waals surface area contributed by atoms with Crippen LogP contribution in [0.5, 0.6) is 5.75 Å². The molecule has 1 aromatic carbocycles. The number of rotatable bonds is 9. The van der Waals surface area contributed by atoms with E-state index in [2.05, 4.69) is 20.4 Å². The van der Waals surface area contributed by atoms with Crippen LogP contribution in [0.2, 0.25) is 0 Å². The van der Waals surface area contributed by atoms with E-state index in [0.29, 0.717) is 29.3 Å². The zero-order valence-electron chi connectivity index (χ0n) is 20.3. The lowest BCUT2D eigenvalue weighted by Gasteiger charge is -2.23. The summed E-state index contributed by atoms with van der Waals surface area (Å²) < 4.78 is 38.4. The maximum absolute atomic E-state index is 13.2. The largest absolute Gasteiger partial charge is 0.435 e. The van der Waals surface area contributed by atoms with Crippen molar-refractivity contribution in [3.63, 3.8) is 0 Å². The molecule has 0 bridgehead atoms. The van der Waals surface area contributed by atoms with Gasteiger partial charge in [-0.05, 0) is 38.5 Å². The first kappa shape index (κ1) is 24.5. The molecule has 10 heteroatoms. The predicted octanol–water partition coefficient (Wildman–Crippen LogP) is 4.76. The quantitative estimate of drug-likeness (QED) is 0.368. The summed E-state index contributed by atoms with van der Waals surface area (Å²) in [7, 11) is 3.45. The van der Waals surface area contributed by atoms with Gasteiger partial charge < -0.3 is 14.8 Å². The number of fused-ring (bicyclic) bond motifs is 1. The Bertz CT molecular complexity index is 1340. The van der Waals surface area contributed by atoms with E-state index in [9.17, 15) is 8.78 Å². The average molecular weight is 483 g/mol. The fourth-order valence-corrected chi connectivity index (χ4v) is 3.61. The van der Waals surface area contributed by atoms with Gasteiger partial charge in [0.1, 0.15) is 17.1 Å². The van der Waals surface area contributed by atoms with Gasteiger partial charge in [0, 0.05) is 61.7 Å². The Labute approximate surface area is 202 Å². The van der Waals surface area contributed by atoms with Crippen molar-refractivity contribution in [3.8, 4) is 16.9 Å². The number of methoxy groups -OCH3 is 1. The topological polar surface area (TPSA) is 87.0 Å². The van der Waals surface area contributed by atoms with Gasteiger partial charge >= 0.3 is 6.61 Å². The van der Waals surface area contributed by atoms with Crippen molar-refractivity contribution >= 4 is 16.7 Å². The minimum atomic E-state index is -2.96. The third-order valence-electron chi connectivity index (χ3n) is 5.65. The maximum atomic E-state index is 13.2. The summed E-state index contributed by atoms with van der Waals surface area (Å²) in [5, 5.41) is 8.29. The molecule has 0 spiro atoms. The molecule has 0 saturated carbocycles. The van der Waals surface area contributed by atoms with E-state index in [1.54, 1.807) is 43.4 Å². The minimum Gasteiger partial charge on any atom is -0.435 e. The molecule has 0 saturated heterocycles. The van der Waals surface area contributed by atoms with Crippen LogP contribution in [0.4, 0.5) is 14.6 Å². The Morgan fingerprint density at radius 3 is 2.60 bits per heavy atom. The number of hydrogen-bond acceptors (Lipinski definition) is 7. The maximum Gasteiger partial charge on any atom is 0.387 e. The number of alkyl halides is 2. The molecule has 0 aliphatic heterocycles. The van der Waals surface area contributed by atoms with Gasteiger partial charge in [-0.1, -0.05) is 12.1 Å². The van der Waals surface area contributed by atoms with Gasteiger partial charge in [0.05, 0.1) is 11.8 Å². The van der Waals surface area contributed by atoms with Crippen molar-refractivity contribution in [2.75, 3.05) is 19.0 Å². The SMILES string of the molecule is COC(C)(C)CNc1nc(C)cc2cnc(Cc3ccc(-c4cnn(C)c4)cc3OC(F)F)nc12. The van der Waals surface area contributed by atoms with Gasteiger partial charge in [-0.25, -0.2) is 15.0 Å². The molecule has 3 aromatic heterocycles. The highest BCUT2D eigenvalue weighted by Gasteiger charge is 2.18. The molecule has 35 heavy (non-hydrogen) atoms. The van der Waals surface area contributed by atoms with Crippen LogP contribution in [0.25, 0.3) is 22.0 Å². The van der Waals surface area contributed by atoms with Gasteiger partial charge in [-0.2, -0.15) is 13.9 Å². The highest BCUT2D eigenvalue weighted by Crippen LogP contribution is 2.30. The number of hydrogen-bond donors (Lipinski definition) is 1. The first-order valence-corrected chi connectivity index (χ1v) is 11.1. The second-order valence-electron chi connectivity index (χ2n) is 8.93. The molecule has 0 amide bonds. The number of ether oxygens (including phenoxy) is 2. The molecule has 0 fully saturated rings. The van der Waals surface area contributed by atoms with Crippen molar-refractivity contribution in [2.45, 2.75) is 39.4 Å². The standard InChI is InChI=1S/C25H28F2N6O2/c1-15-8-18-11-28-21(32-22(18)23(31-15)29-14-25(2,3)34-5)10-17-7-6-16(9-20(17)35-24(26)27)19-12-30-33(4)13-19/h6-9,11-13,24H,10,14H2,1-5H3,(H,29,31). The van der Waals surface area contributed by atoms with Gasteiger partial charge in [-0.3, -0.25) is 4.68 Å². The fraction of sp³-hybridized carbons (Fsp3) is 0.360. The van der Waals surface area contributed by atoms with E-state index in [0.717, 1.165) is 22.2 Å². The zero-order valence-corrected chi connectivity index (χ0v) is 20.3.